The Morgan fingerprint density at radius 2 is 1.88 bits per heavy atom. The number of amides is 1. The third-order valence-electron chi connectivity index (χ3n) is 3.22. The van der Waals surface area contributed by atoms with Gasteiger partial charge >= 0.3 is 0 Å². The molecule has 0 spiro atoms. The number of nitrogens with one attached hydrogen (secondary N) is 1. The van der Waals surface area contributed by atoms with Gasteiger partial charge in [0, 0.05) is 18.7 Å². The highest BCUT2D eigenvalue weighted by atomic mass is 16.1. The molecule has 0 saturated carbocycles. The molecule has 92 valence electrons. The maximum atomic E-state index is 12.0. The first-order valence-corrected chi connectivity index (χ1v) is 6.20. The summed E-state index contributed by atoms with van der Waals surface area (Å²) in [4.78, 5) is 14.3. The van der Waals surface area contributed by atoms with E-state index in [0.29, 0.717) is 6.04 Å². The predicted molar refractivity (Wildman–Crippen MR) is 69.3 cm³/mol. The van der Waals surface area contributed by atoms with E-state index in [2.05, 4.69) is 23.2 Å². The first-order chi connectivity index (χ1) is 8.08. The van der Waals surface area contributed by atoms with Crippen molar-refractivity contribution < 1.29 is 4.79 Å². The summed E-state index contributed by atoms with van der Waals surface area (Å²) in [5.74, 6) is 0.0533. The van der Waals surface area contributed by atoms with E-state index in [-0.39, 0.29) is 5.91 Å². The Labute approximate surface area is 103 Å². The van der Waals surface area contributed by atoms with Crippen molar-refractivity contribution in [1.29, 1.82) is 0 Å². The van der Waals surface area contributed by atoms with E-state index in [1.54, 1.807) is 0 Å². The molecule has 0 bridgehead atoms. The van der Waals surface area contributed by atoms with Gasteiger partial charge in [0.1, 0.15) is 0 Å². The number of hydrogen-bond donors (Lipinski definition) is 1. The molecule has 1 heterocycles. The van der Waals surface area contributed by atoms with Crippen LogP contribution < -0.4 is 5.32 Å². The van der Waals surface area contributed by atoms with Crippen LogP contribution in [0, 0.1) is 13.8 Å². The van der Waals surface area contributed by atoms with Crippen molar-refractivity contribution in [3.8, 4) is 0 Å². The van der Waals surface area contributed by atoms with Gasteiger partial charge in [-0.1, -0.05) is 24.1 Å². The smallest absolute Gasteiger partial charge is 0.251 e. The van der Waals surface area contributed by atoms with Gasteiger partial charge in [-0.05, 0) is 32.5 Å². The molecule has 3 nitrogen and oxygen atoms in total. The Kier molecular flexibility index (Phi) is 3.48. The lowest BCUT2D eigenvalue weighted by atomic mass is 10.1. The minimum atomic E-state index is 0.0533. The summed E-state index contributed by atoms with van der Waals surface area (Å²) in [7, 11) is 0. The van der Waals surface area contributed by atoms with Crippen molar-refractivity contribution in [2.24, 2.45) is 0 Å². The Morgan fingerprint density at radius 3 is 2.41 bits per heavy atom. The van der Waals surface area contributed by atoms with Gasteiger partial charge in [0.2, 0.25) is 0 Å². The molecule has 1 aromatic rings. The summed E-state index contributed by atoms with van der Waals surface area (Å²) in [5.41, 5.74) is 3.05. The summed E-state index contributed by atoms with van der Waals surface area (Å²) in [5, 5.41) is 3.07. The van der Waals surface area contributed by atoms with E-state index in [4.69, 9.17) is 0 Å². The van der Waals surface area contributed by atoms with Gasteiger partial charge < -0.3 is 5.32 Å². The van der Waals surface area contributed by atoms with Crippen molar-refractivity contribution in [2.45, 2.75) is 26.8 Å². The number of rotatable bonds is 3. The van der Waals surface area contributed by atoms with Crippen LogP contribution in [0.4, 0.5) is 0 Å². The van der Waals surface area contributed by atoms with Crippen molar-refractivity contribution in [3.63, 3.8) is 0 Å². The first-order valence-electron chi connectivity index (χ1n) is 6.20. The molecule has 1 N–H and O–H groups in total. The molecule has 1 amide bonds. The lowest BCUT2D eigenvalue weighted by Crippen LogP contribution is -2.58. The van der Waals surface area contributed by atoms with Gasteiger partial charge in [-0.25, -0.2) is 0 Å². The summed E-state index contributed by atoms with van der Waals surface area (Å²) in [6, 6.07) is 6.29. The number of hydrogen-bond acceptors (Lipinski definition) is 2. The lowest BCUT2D eigenvalue weighted by Gasteiger charge is -2.38. The molecule has 0 radical (unpaired) electrons. The fourth-order valence-electron chi connectivity index (χ4n) is 2.29. The zero-order valence-electron chi connectivity index (χ0n) is 10.8. The van der Waals surface area contributed by atoms with E-state index < -0.39 is 0 Å². The average Bonchev–Trinajstić information content (AvgIpc) is 2.21. The Hall–Kier alpha value is -1.35. The van der Waals surface area contributed by atoms with Crippen LogP contribution in [0.15, 0.2) is 18.2 Å². The summed E-state index contributed by atoms with van der Waals surface area (Å²) in [6.45, 7) is 9.20. The van der Waals surface area contributed by atoms with Crippen LogP contribution in [0.2, 0.25) is 0 Å². The maximum Gasteiger partial charge on any atom is 0.251 e. The van der Waals surface area contributed by atoms with Crippen LogP contribution in [0.3, 0.4) is 0 Å². The van der Waals surface area contributed by atoms with Crippen molar-refractivity contribution in [2.75, 3.05) is 19.6 Å². The van der Waals surface area contributed by atoms with E-state index in [9.17, 15) is 4.79 Å². The average molecular weight is 232 g/mol. The molecule has 0 atom stereocenters. The van der Waals surface area contributed by atoms with Crippen molar-refractivity contribution in [1.82, 2.24) is 10.2 Å². The summed E-state index contributed by atoms with van der Waals surface area (Å²) < 4.78 is 0. The minimum absolute atomic E-state index is 0.0533. The minimum Gasteiger partial charge on any atom is -0.347 e. The fourth-order valence-corrected chi connectivity index (χ4v) is 2.29. The van der Waals surface area contributed by atoms with Gasteiger partial charge in [0.15, 0.2) is 0 Å². The standard InChI is InChI=1S/C14H20N2O/c1-4-16-8-13(9-16)15-14(17)12-6-10(2)5-11(3)7-12/h5-7,13H,4,8-9H2,1-3H3,(H,15,17). The summed E-state index contributed by atoms with van der Waals surface area (Å²) >= 11 is 0. The molecule has 3 heteroatoms. The first kappa shape index (κ1) is 12.1. The van der Waals surface area contributed by atoms with E-state index in [1.165, 1.54) is 0 Å². The zero-order valence-corrected chi connectivity index (χ0v) is 10.8. The number of nitrogens with zero attached hydrogens (tertiary/aromatic N) is 1. The molecule has 1 aromatic carbocycles. The van der Waals surface area contributed by atoms with Crippen LogP contribution in [-0.2, 0) is 0 Å². The third kappa shape index (κ3) is 2.86. The number of aryl methyl sites for hydroxylation is 2. The number of benzene rings is 1. The van der Waals surface area contributed by atoms with Crippen molar-refractivity contribution in [3.05, 3.63) is 34.9 Å². The highest BCUT2D eigenvalue weighted by Crippen LogP contribution is 2.11. The number of likely N-dealkylation sites (tertiary alicyclic amines) is 1. The van der Waals surface area contributed by atoms with E-state index in [0.717, 1.165) is 36.3 Å². The highest BCUT2D eigenvalue weighted by Gasteiger charge is 2.26. The normalized spacial score (nSPS) is 16.6. The van der Waals surface area contributed by atoms with Crippen LogP contribution in [0.1, 0.15) is 28.4 Å². The second-order valence-electron chi connectivity index (χ2n) is 4.90. The van der Waals surface area contributed by atoms with E-state index >= 15 is 0 Å². The van der Waals surface area contributed by atoms with Crippen LogP contribution in [0.5, 0.6) is 0 Å². The molecule has 1 fully saturated rings. The van der Waals surface area contributed by atoms with Crippen LogP contribution in [-0.4, -0.2) is 36.5 Å². The van der Waals surface area contributed by atoms with Gasteiger partial charge in [-0.15, -0.1) is 0 Å². The quantitative estimate of drug-likeness (QED) is 0.861. The molecular weight excluding hydrogens is 212 g/mol. The highest BCUT2D eigenvalue weighted by molar-refractivity contribution is 5.94. The zero-order chi connectivity index (χ0) is 12.4. The SMILES string of the molecule is CCN1CC(NC(=O)c2cc(C)cc(C)c2)C1. The van der Waals surface area contributed by atoms with Crippen molar-refractivity contribution >= 4 is 5.91 Å². The van der Waals surface area contributed by atoms with Gasteiger partial charge in [0.25, 0.3) is 5.91 Å². The maximum absolute atomic E-state index is 12.0. The molecule has 1 saturated heterocycles. The molecule has 17 heavy (non-hydrogen) atoms. The largest absolute Gasteiger partial charge is 0.347 e. The lowest BCUT2D eigenvalue weighted by molar-refractivity contribution is 0.0824. The topological polar surface area (TPSA) is 32.3 Å². The van der Waals surface area contributed by atoms with Gasteiger partial charge in [0.05, 0.1) is 6.04 Å². The predicted octanol–water partition coefficient (Wildman–Crippen LogP) is 1.74. The molecule has 1 aliphatic rings. The number of carbonyl (C=O) groups is 1. The summed E-state index contributed by atoms with van der Waals surface area (Å²) in [6.07, 6.45) is 0. The van der Waals surface area contributed by atoms with Gasteiger partial charge in [-0.2, -0.15) is 0 Å². The van der Waals surface area contributed by atoms with Crippen LogP contribution in [0.25, 0.3) is 0 Å². The molecule has 0 aliphatic carbocycles. The molecule has 0 unspecified atom stereocenters. The molecule has 0 aromatic heterocycles. The Balaban J connectivity index is 1.96. The second kappa shape index (κ2) is 4.88. The Bertz CT molecular complexity index is 402. The van der Waals surface area contributed by atoms with E-state index in [1.807, 2.05) is 26.0 Å². The third-order valence-corrected chi connectivity index (χ3v) is 3.22. The van der Waals surface area contributed by atoms with Crippen LogP contribution >= 0.6 is 0 Å². The number of carbonyl (C=O) groups excluding carboxylic acids is 1. The molecule has 2 rings (SSSR count). The van der Waals surface area contributed by atoms with Gasteiger partial charge in [-0.3, -0.25) is 9.69 Å². The fraction of sp³-hybridized carbons (Fsp3) is 0.500. The number of likely N-dealkylation sites (N-methyl/N-ethyl adjacent to an activating group) is 1. The second-order valence-corrected chi connectivity index (χ2v) is 4.90. The molecule has 1 aliphatic heterocycles. The monoisotopic (exact) mass is 232 g/mol. The molecular formula is C14H20N2O. The Morgan fingerprint density at radius 1 is 1.29 bits per heavy atom.